The lowest BCUT2D eigenvalue weighted by molar-refractivity contribution is 0.0519. The van der Waals surface area contributed by atoms with E-state index in [0.29, 0.717) is 22.9 Å². The zero-order chi connectivity index (χ0) is 22.9. The Labute approximate surface area is 178 Å². The van der Waals surface area contributed by atoms with E-state index in [1.165, 1.54) is 4.90 Å². The Morgan fingerprint density at radius 3 is 2.39 bits per heavy atom. The average Bonchev–Trinajstić information content (AvgIpc) is 3.03. The Morgan fingerprint density at radius 1 is 1.13 bits per heavy atom. The van der Waals surface area contributed by atoms with E-state index in [4.69, 9.17) is 4.74 Å². The van der Waals surface area contributed by atoms with E-state index in [1.807, 2.05) is 0 Å². The molecule has 1 aliphatic rings. The Hall–Kier alpha value is -2.79. The van der Waals surface area contributed by atoms with Crippen LogP contribution in [0, 0.1) is 25.5 Å². The molecule has 0 aliphatic carbocycles. The molecule has 1 fully saturated rings. The lowest BCUT2D eigenvalue weighted by Crippen LogP contribution is -2.50. The number of carbonyl (C=O) groups excluding carboxylic acids is 2. The topological polar surface area (TPSA) is 99.8 Å². The Balaban J connectivity index is 1.76. The first-order valence-electron chi connectivity index (χ1n) is 9.68. The normalized spacial score (nSPS) is 15.2. The van der Waals surface area contributed by atoms with Crippen LogP contribution in [0.5, 0.6) is 0 Å². The number of esters is 1. The van der Waals surface area contributed by atoms with Crippen molar-refractivity contribution < 1.29 is 31.5 Å². The third kappa shape index (κ3) is 4.33. The molecule has 0 saturated carbocycles. The molecule has 31 heavy (non-hydrogen) atoms. The Morgan fingerprint density at radius 2 is 1.77 bits per heavy atom. The number of hydrogen-bond acceptors (Lipinski definition) is 5. The van der Waals surface area contributed by atoms with E-state index in [-0.39, 0.29) is 44.4 Å². The van der Waals surface area contributed by atoms with Gasteiger partial charge in [0.15, 0.2) is 0 Å². The van der Waals surface area contributed by atoms with Crippen molar-refractivity contribution in [1.82, 2.24) is 14.2 Å². The number of benzene rings is 1. The van der Waals surface area contributed by atoms with Gasteiger partial charge in [-0.3, -0.25) is 4.79 Å². The molecule has 11 heteroatoms. The maximum Gasteiger partial charge on any atom is 0.355 e. The van der Waals surface area contributed by atoms with E-state index in [2.05, 4.69) is 4.98 Å². The summed E-state index contributed by atoms with van der Waals surface area (Å²) in [5, 5.41) is 0. The number of carbonyl (C=O) groups is 2. The second-order valence-electron chi connectivity index (χ2n) is 7.12. The van der Waals surface area contributed by atoms with E-state index >= 15 is 0 Å². The van der Waals surface area contributed by atoms with Gasteiger partial charge < -0.3 is 14.6 Å². The van der Waals surface area contributed by atoms with Gasteiger partial charge in [-0.2, -0.15) is 4.31 Å². The van der Waals surface area contributed by atoms with Crippen molar-refractivity contribution in [2.75, 3.05) is 32.8 Å². The van der Waals surface area contributed by atoms with Crippen LogP contribution in [0.2, 0.25) is 0 Å². The largest absolute Gasteiger partial charge is 0.461 e. The number of hydrogen-bond donors (Lipinski definition) is 1. The van der Waals surface area contributed by atoms with Crippen molar-refractivity contribution in [3.8, 4) is 0 Å². The van der Waals surface area contributed by atoms with Crippen molar-refractivity contribution in [3.63, 3.8) is 0 Å². The number of ether oxygens (including phenoxy) is 1. The number of aryl methyl sites for hydroxylation is 1. The monoisotopic (exact) mass is 455 g/mol. The van der Waals surface area contributed by atoms with Crippen LogP contribution in [-0.4, -0.2) is 67.3 Å². The molecule has 1 N–H and O–H groups in total. The summed E-state index contributed by atoms with van der Waals surface area (Å²) in [5.41, 5.74) is 1.49. The van der Waals surface area contributed by atoms with Gasteiger partial charge in [-0.15, -0.1) is 0 Å². The van der Waals surface area contributed by atoms with Gasteiger partial charge in [0.1, 0.15) is 22.2 Å². The highest BCUT2D eigenvalue weighted by Crippen LogP contribution is 2.24. The number of sulfonamides is 1. The number of nitrogens with zero attached hydrogens (tertiary/aromatic N) is 2. The Bertz CT molecular complexity index is 1120. The predicted octanol–water partition coefficient (Wildman–Crippen LogP) is 2.23. The predicted molar refractivity (Wildman–Crippen MR) is 107 cm³/mol. The highest BCUT2D eigenvalue weighted by Gasteiger charge is 2.34. The third-order valence-electron chi connectivity index (χ3n) is 5.17. The number of H-pyrrole nitrogens is 1. The molecule has 1 aromatic carbocycles. The Kier molecular flexibility index (Phi) is 6.46. The maximum atomic E-state index is 14.0. The van der Waals surface area contributed by atoms with Crippen LogP contribution in [0.25, 0.3) is 0 Å². The molecule has 0 bridgehead atoms. The zero-order valence-corrected chi connectivity index (χ0v) is 18.2. The number of amides is 1. The summed E-state index contributed by atoms with van der Waals surface area (Å²) in [7, 11) is -4.25. The average molecular weight is 455 g/mol. The fraction of sp³-hybridized carbons (Fsp3) is 0.400. The standard InChI is InChI=1S/C20H23F2N3O5S/c1-4-30-20(27)18-12(2)17(13(3)23-18)19(26)24-7-9-25(10-8-24)31(28,29)16-11-14(21)5-6-15(16)22/h5-6,11,23H,4,7-10H2,1-3H3. The lowest BCUT2D eigenvalue weighted by Gasteiger charge is -2.34. The quantitative estimate of drug-likeness (QED) is 0.697. The van der Waals surface area contributed by atoms with Crippen LogP contribution in [-0.2, 0) is 14.8 Å². The summed E-state index contributed by atoms with van der Waals surface area (Å²) in [6.07, 6.45) is 0. The molecule has 1 aromatic heterocycles. The summed E-state index contributed by atoms with van der Waals surface area (Å²) in [6, 6.07) is 2.25. The molecule has 1 amide bonds. The molecule has 0 radical (unpaired) electrons. The van der Waals surface area contributed by atoms with Gasteiger partial charge >= 0.3 is 5.97 Å². The first-order valence-corrected chi connectivity index (χ1v) is 11.1. The molecule has 3 rings (SSSR count). The SMILES string of the molecule is CCOC(=O)c1[nH]c(C)c(C(=O)N2CCN(S(=O)(=O)c3cc(F)ccc3F)CC2)c1C. The molecule has 1 aliphatic heterocycles. The molecule has 2 heterocycles. The van der Waals surface area contributed by atoms with Crippen molar-refractivity contribution in [2.45, 2.75) is 25.7 Å². The smallest absolute Gasteiger partial charge is 0.355 e. The van der Waals surface area contributed by atoms with E-state index in [9.17, 15) is 26.8 Å². The van der Waals surface area contributed by atoms with E-state index < -0.39 is 32.5 Å². The molecule has 168 valence electrons. The highest BCUT2D eigenvalue weighted by molar-refractivity contribution is 7.89. The van der Waals surface area contributed by atoms with Gasteiger partial charge in [0, 0.05) is 31.9 Å². The first-order chi connectivity index (χ1) is 14.6. The minimum atomic E-state index is -4.25. The van der Waals surface area contributed by atoms with Crippen LogP contribution in [0.3, 0.4) is 0 Å². The molecular weight excluding hydrogens is 432 g/mol. The number of nitrogens with one attached hydrogen (secondary N) is 1. The highest BCUT2D eigenvalue weighted by atomic mass is 32.2. The minimum absolute atomic E-state index is 0.0633. The summed E-state index contributed by atoms with van der Waals surface area (Å²) in [6.45, 7) is 5.16. The number of piperazine rings is 1. The van der Waals surface area contributed by atoms with Gasteiger partial charge in [-0.25, -0.2) is 22.0 Å². The number of aromatic amines is 1. The summed E-state index contributed by atoms with van der Waals surface area (Å²) in [5.74, 6) is -2.81. The molecule has 0 spiro atoms. The maximum absolute atomic E-state index is 14.0. The van der Waals surface area contributed by atoms with Crippen LogP contribution >= 0.6 is 0 Å². The molecule has 0 atom stereocenters. The second kappa shape index (κ2) is 8.75. The summed E-state index contributed by atoms with van der Waals surface area (Å²) < 4.78 is 58.9. The fourth-order valence-electron chi connectivity index (χ4n) is 3.58. The van der Waals surface area contributed by atoms with E-state index in [0.717, 1.165) is 16.4 Å². The van der Waals surface area contributed by atoms with Crippen LogP contribution in [0.15, 0.2) is 23.1 Å². The molecule has 0 unspecified atom stereocenters. The van der Waals surface area contributed by atoms with Crippen LogP contribution in [0.4, 0.5) is 8.78 Å². The molecule has 2 aromatic rings. The molecule has 8 nitrogen and oxygen atoms in total. The van der Waals surface area contributed by atoms with Gasteiger partial charge in [0.25, 0.3) is 5.91 Å². The minimum Gasteiger partial charge on any atom is -0.461 e. The molecular formula is C20H23F2N3O5S. The van der Waals surface area contributed by atoms with E-state index in [1.54, 1.807) is 20.8 Å². The zero-order valence-electron chi connectivity index (χ0n) is 17.4. The van der Waals surface area contributed by atoms with Crippen LogP contribution in [0.1, 0.15) is 39.0 Å². The van der Waals surface area contributed by atoms with Gasteiger partial charge in [-0.1, -0.05) is 0 Å². The van der Waals surface area contributed by atoms with Crippen LogP contribution < -0.4 is 0 Å². The lowest BCUT2D eigenvalue weighted by atomic mass is 10.1. The summed E-state index contributed by atoms with van der Waals surface area (Å²) in [4.78, 5) is 28.7. The van der Waals surface area contributed by atoms with Gasteiger partial charge in [-0.05, 0) is 44.5 Å². The first kappa shape index (κ1) is 22.9. The van der Waals surface area contributed by atoms with Crippen molar-refractivity contribution in [2.24, 2.45) is 0 Å². The van der Waals surface area contributed by atoms with Crippen molar-refractivity contribution in [1.29, 1.82) is 0 Å². The summed E-state index contributed by atoms with van der Waals surface area (Å²) >= 11 is 0. The number of aromatic nitrogens is 1. The number of halogens is 2. The molecule has 1 saturated heterocycles. The van der Waals surface area contributed by atoms with Gasteiger partial charge in [0.05, 0.1) is 12.2 Å². The third-order valence-corrected chi connectivity index (χ3v) is 7.08. The van der Waals surface area contributed by atoms with Gasteiger partial charge in [0.2, 0.25) is 10.0 Å². The fourth-order valence-corrected chi connectivity index (χ4v) is 5.08. The van der Waals surface area contributed by atoms with Crippen molar-refractivity contribution in [3.05, 3.63) is 52.3 Å². The second-order valence-corrected chi connectivity index (χ2v) is 9.02. The van der Waals surface area contributed by atoms with Crippen molar-refractivity contribution >= 4 is 21.9 Å². The number of rotatable bonds is 5.